The first-order valence-electron chi connectivity index (χ1n) is 8.42. The number of rotatable bonds is 7. The summed E-state index contributed by atoms with van der Waals surface area (Å²) in [5, 5.41) is 10.3. The predicted octanol–water partition coefficient (Wildman–Crippen LogP) is 2.74. The number of aromatic amines is 1. The molecule has 2 aromatic rings. The van der Waals surface area contributed by atoms with Gasteiger partial charge in [-0.05, 0) is 26.2 Å². The molecule has 0 atom stereocenters. The van der Waals surface area contributed by atoms with E-state index in [0.717, 1.165) is 48.6 Å². The summed E-state index contributed by atoms with van der Waals surface area (Å²) in [6.45, 7) is 7.72. The fourth-order valence-electron chi connectivity index (χ4n) is 2.94. The first-order chi connectivity index (χ1) is 11.1. The van der Waals surface area contributed by atoms with Crippen LogP contribution in [-0.4, -0.2) is 32.2 Å². The zero-order valence-electron chi connectivity index (χ0n) is 14.1. The fraction of sp³-hybridized carbons (Fsp3) is 0.588. The van der Waals surface area contributed by atoms with Crippen LogP contribution in [0.5, 0.6) is 0 Å². The highest BCUT2D eigenvalue weighted by Crippen LogP contribution is 2.41. The van der Waals surface area contributed by atoms with E-state index >= 15 is 0 Å². The molecule has 0 spiro atoms. The lowest BCUT2D eigenvalue weighted by molar-refractivity contribution is 0.0951. The maximum absolute atomic E-state index is 12.4. The average Bonchev–Trinajstić information content (AvgIpc) is 3.11. The van der Waals surface area contributed by atoms with Crippen molar-refractivity contribution in [3.05, 3.63) is 35.2 Å². The number of H-pyrrole nitrogens is 1. The molecule has 6 nitrogen and oxygen atoms in total. The van der Waals surface area contributed by atoms with Crippen molar-refractivity contribution in [1.29, 1.82) is 0 Å². The minimum absolute atomic E-state index is 0.00661. The minimum Gasteiger partial charge on any atom is -0.352 e. The number of nitrogens with one attached hydrogen (secondary N) is 2. The SMILES string of the molecule is Cc1[nH]nc(C2CC2)c1C(=O)NCCCn1ccnc1C(C)C. The van der Waals surface area contributed by atoms with Crippen molar-refractivity contribution < 1.29 is 4.79 Å². The zero-order valence-corrected chi connectivity index (χ0v) is 14.1. The number of imidazole rings is 1. The molecule has 1 aliphatic carbocycles. The molecule has 1 aliphatic rings. The summed E-state index contributed by atoms with van der Waals surface area (Å²) in [7, 11) is 0. The number of carbonyl (C=O) groups is 1. The molecule has 0 unspecified atom stereocenters. The molecule has 2 N–H and O–H groups in total. The lowest BCUT2D eigenvalue weighted by Gasteiger charge is -2.11. The first kappa shape index (κ1) is 15.8. The van der Waals surface area contributed by atoms with Crippen molar-refractivity contribution in [1.82, 2.24) is 25.1 Å². The Hall–Kier alpha value is -2.11. The van der Waals surface area contributed by atoms with Crippen molar-refractivity contribution in [2.24, 2.45) is 0 Å². The summed E-state index contributed by atoms with van der Waals surface area (Å²) in [5.74, 6) is 1.97. The number of hydrogen-bond acceptors (Lipinski definition) is 3. The van der Waals surface area contributed by atoms with E-state index in [1.54, 1.807) is 0 Å². The second-order valence-electron chi connectivity index (χ2n) is 6.63. The molecule has 2 aromatic heterocycles. The topological polar surface area (TPSA) is 75.6 Å². The molecule has 1 fully saturated rings. The van der Waals surface area contributed by atoms with Gasteiger partial charge in [0, 0.05) is 43.0 Å². The van der Waals surface area contributed by atoms with Gasteiger partial charge in [-0.15, -0.1) is 0 Å². The Morgan fingerprint density at radius 2 is 2.26 bits per heavy atom. The molecular weight excluding hydrogens is 290 g/mol. The first-order valence-corrected chi connectivity index (χ1v) is 8.42. The van der Waals surface area contributed by atoms with Crippen molar-refractivity contribution in [3.63, 3.8) is 0 Å². The van der Waals surface area contributed by atoms with E-state index in [4.69, 9.17) is 0 Å². The summed E-state index contributed by atoms with van der Waals surface area (Å²) >= 11 is 0. The maximum atomic E-state index is 12.4. The molecule has 124 valence electrons. The van der Waals surface area contributed by atoms with E-state index in [2.05, 4.69) is 38.9 Å². The van der Waals surface area contributed by atoms with Gasteiger partial charge in [0.2, 0.25) is 0 Å². The van der Waals surface area contributed by atoms with Crippen LogP contribution in [0.4, 0.5) is 0 Å². The standard InChI is InChI=1S/C17H25N5O/c1-11(2)16-18-8-10-22(16)9-4-7-19-17(23)14-12(3)20-21-15(14)13-5-6-13/h8,10-11,13H,4-7,9H2,1-3H3,(H,19,23)(H,20,21). The summed E-state index contributed by atoms with van der Waals surface area (Å²) in [6, 6.07) is 0. The summed E-state index contributed by atoms with van der Waals surface area (Å²) in [6.07, 6.45) is 7.01. The van der Waals surface area contributed by atoms with Crippen LogP contribution in [0.15, 0.2) is 12.4 Å². The quantitative estimate of drug-likeness (QED) is 0.771. The summed E-state index contributed by atoms with van der Waals surface area (Å²) < 4.78 is 2.16. The van der Waals surface area contributed by atoms with Gasteiger partial charge in [-0.2, -0.15) is 5.10 Å². The Morgan fingerprint density at radius 1 is 1.48 bits per heavy atom. The molecule has 2 heterocycles. The van der Waals surface area contributed by atoms with Gasteiger partial charge in [0.1, 0.15) is 5.82 Å². The van der Waals surface area contributed by atoms with E-state index in [-0.39, 0.29) is 5.91 Å². The van der Waals surface area contributed by atoms with Crippen molar-refractivity contribution in [2.45, 2.75) is 58.4 Å². The van der Waals surface area contributed by atoms with Crippen molar-refractivity contribution in [3.8, 4) is 0 Å². The monoisotopic (exact) mass is 315 g/mol. The molecule has 1 saturated carbocycles. The second-order valence-corrected chi connectivity index (χ2v) is 6.63. The highest BCUT2D eigenvalue weighted by Gasteiger charge is 2.31. The number of hydrogen-bond donors (Lipinski definition) is 2. The molecule has 3 rings (SSSR count). The molecule has 6 heteroatoms. The van der Waals surface area contributed by atoms with Crippen LogP contribution in [0.1, 0.15) is 72.5 Å². The van der Waals surface area contributed by atoms with Crippen molar-refractivity contribution in [2.75, 3.05) is 6.54 Å². The largest absolute Gasteiger partial charge is 0.352 e. The van der Waals surface area contributed by atoms with E-state index in [1.165, 1.54) is 0 Å². The number of aromatic nitrogens is 4. The van der Waals surface area contributed by atoms with Crippen LogP contribution in [0.2, 0.25) is 0 Å². The number of aryl methyl sites for hydroxylation is 2. The Balaban J connectivity index is 1.52. The Morgan fingerprint density at radius 3 is 2.96 bits per heavy atom. The molecular formula is C17H25N5O. The smallest absolute Gasteiger partial charge is 0.255 e. The highest BCUT2D eigenvalue weighted by molar-refractivity contribution is 5.96. The second kappa shape index (κ2) is 6.56. The number of nitrogens with zero attached hydrogens (tertiary/aromatic N) is 3. The predicted molar refractivity (Wildman–Crippen MR) is 88.6 cm³/mol. The van der Waals surface area contributed by atoms with E-state index in [1.807, 2.05) is 19.3 Å². The molecule has 23 heavy (non-hydrogen) atoms. The van der Waals surface area contributed by atoms with Gasteiger partial charge in [0.05, 0.1) is 11.3 Å². The van der Waals surface area contributed by atoms with Crippen LogP contribution < -0.4 is 5.32 Å². The highest BCUT2D eigenvalue weighted by atomic mass is 16.1. The molecule has 1 amide bonds. The summed E-state index contributed by atoms with van der Waals surface area (Å²) in [5.41, 5.74) is 2.55. The zero-order chi connectivity index (χ0) is 16.4. The molecule has 0 saturated heterocycles. The Bertz CT molecular complexity index is 681. The van der Waals surface area contributed by atoms with Crippen LogP contribution in [-0.2, 0) is 6.54 Å². The van der Waals surface area contributed by atoms with E-state index in [9.17, 15) is 4.79 Å². The third kappa shape index (κ3) is 3.46. The normalized spacial score (nSPS) is 14.4. The van der Waals surface area contributed by atoms with Gasteiger partial charge >= 0.3 is 0 Å². The average molecular weight is 315 g/mol. The van der Waals surface area contributed by atoms with Crippen LogP contribution in [0, 0.1) is 6.92 Å². The molecule has 0 aromatic carbocycles. The van der Waals surface area contributed by atoms with Crippen molar-refractivity contribution >= 4 is 5.91 Å². The minimum atomic E-state index is -0.00661. The van der Waals surface area contributed by atoms with Gasteiger partial charge in [0.15, 0.2) is 0 Å². The maximum Gasteiger partial charge on any atom is 0.255 e. The van der Waals surface area contributed by atoms with E-state index in [0.29, 0.717) is 18.4 Å². The lowest BCUT2D eigenvalue weighted by atomic mass is 10.1. The van der Waals surface area contributed by atoms with Crippen LogP contribution in [0.25, 0.3) is 0 Å². The van der Waals surface area contributed by atoms with E-state index < -0.39 is 0 Å². The third-order valence-corrected chi connectivity index (χ3v) is 4.29. The fourth-order valence-corrected chi connectivity index (χ4v) is 2.94. The lowest BCUT2D eigenvalue weighted by Crippen LogP contribution is -2.26. The summed E-state index contributed by atoms with van der Waals surface area (Å²) in [4.78, 5) is 16.8. The van der Waals surface area contributed by atoms with Gasteiger partial charge in [-0.1, -0.05) is 13.8 Å². The Kier molecular flexibility index (Phi) is 4.50. The number of amides is 1. The number of carbonyl (C=O) groups excluding carboxylic acids is 1. The van der Waals surface area contributed by atoms with Gasteiger partial charge in [-0.3, -0.25) is 9.89 Å². The van der Waals surface area contributed by atoms with Gasteiger partial charge < -0.3 is 9.88 Å². The van der Waals surface area contributed by atoms with Crippen LogP contribution >= 0.6 is 0 Å². The van der Waals surface area contributed by atoms with Crippen LogP contribution in [0.3, 0.4) is 0 Å². The van der Waals surface area contributed by atoms with Gasteiger partial charge in [0.25, 0.3) is 5.91 Å². The molecule has 0 radical (unpaired) electrons. The molecule has 0 bridgehead atoms. The molecule has 0 aliphatic heterocycles. The van der Waals surface area contributed by atoms with Gasteiger partial charge in [-0.25, -0.2) is 4.98 Å². The third-order valence-electron chi connectivity index (χ3n) is 4.29. The Labute approximate surface area is 136 Å².